The van der Waals surface area contributed by atoms with E-state index in [1.807, 2.05) is 73.1 Å². The molecular formula is C31H32N2O5S3. The first kappa shape index (κ1) is 29.2. The lowest BCUT2D eigenvalue weighted by Crippen LogP contribution is -2.48. The number of aryl methyl sites for hydroxylation is 2. The highest BCUT2D eigenvalue weighted by Crippen LogP contribution is 2.54. The van der Waals surface area contributed by atoms with Crippen LogP contribution in [0.2, 0.25) is 0 Å². The van der Waals surface area contributed by atoms with Gasteiger partial charge in [0.15, 0.2) is 5.78 Å². The molecule has 1 N–H and O–H groups in total. The van der Waals surface area contributed by atoms with Crippen molar-refractivity contribution < 1.29 is 22.7 Å². The zero-order chi connectivity index (χ0) is 29.3. The van der Waals surface area contributed by atoms with Crippen molar-refractivity contribution in [2.45, 2.75) is 38.4 Å². The Hall–Kier alpha value is -3.31. The lowest BCUT2D eigenvalue weighted by Gasteiger charge is -2.28. The summed E-state index contributed by atoms with van der Waals surface area (Å²) in [5, 5.41) is 6.77. The lowest BCUT2D eigenvalue weighted by atomic mass is 9.78. The third kappa shape index (κ3) is 5.74. The summed E-state index contributed by atoms with van der Waals surface area (Å²) in [6.07, 6.45) is 1.12. The molecule has 4 unspecified atom stereocenters. The zero-order valence-electron chi connectivity index (χ0n) is 23.2. The van der Waals surface area contributed by atoms with E-state index >= 15 is 0 Å². The highest BCUT2D eigenvalue weighted by atomic mass is 32.2. The van der Waals surface area contributed by atoms with Gasteiger partial charge in [-0.1, -0.05) is 42.5 Å². The van der Waals surface area contributed by atoms with Gasteiger partial charge in [-0.25, -0.2) is 8.42 Å². The van der Waals surface area contributed by atoms with Crippen molar-refractivity contribution in [1.29, 1.82) is 0 Å². The van der Waals surface area contributed by atoms with E-state index in [-0.39, 0.29) is 12.3 Å². The summed E-state index contributed by atoms with van der Waals surface area (Å²) >= 11 is 2.85. The number of hydrogen-bond donors (Lipinski definition) is 1. The topological polar surface area (TPSA) is 92.8 Å². The Kier molecular flexibility index (Phi) is 8.47. The van der Waals surface area contributed by atoms with Crippen LogP contribution in [0.4, 0.5) is 0 Å². The average molecular weight is 609 g/mol. The zero-order valence-corrected chi connectivity index (χ0v) is 25.7. The molecule has 0 bridgehead atoms. The van der Waals surface area contributed by atoms with Gasteiger partial charge in [0.2, 0.25) is 15.9 Å². The van der Waals surface area contributed by atoms with Crippen LogP contribution in [0.25, 0.3) is 0 Å². The molecule has 10 heteroatoms. The number of ether oxygens (including phenoxy) is 1. The summed E-state index contributed by atoms with van der Waals surface area (Å²) in [6, 6.07) is 18.3. The van der Waals surface area contributed by atoms with Gasteiger partial charge in [-0.2, -0.15) is 4.31 Å². The quantitative estimate of drug-likeness (QED) is 0.246. The van der Waals surface area contributed by atoms with Crippen molar-refractivity contribution >= 4 is 44.4 Å². The second-order valence-corrected chi connectivity index (χ2v) is 14.1. The number of thiophene rings is 2. The monoisotopic (exact) mass is 608 g/mol. The number of Topliss-reactive ketones (excluding diaryl/α,β-unsaturated/α-hetero) is 1. The maximum absolute atomic E-state index is 14.5. The van der Waals surface area contributed by atoms with Gasteiger partial charge in [-0.3, -0.25) is 9.59 Å². The molecule has 1 amide bonds. The molecule has 1 fully saturated rings. The average Bonchev–Trinajstić information content (AvgIpc) is 3.70. The molecule has 3 heterocycles. The second-order valence-electron chi connectivity index (χ2n) is 10.3. The Labute approximate surface area is 248 Å². The molecule has 5 rings (SSSR count). The number of hydrogen-bond acceptors (Lipinski definition) is 7. The third-order valence-electron chi connectivity index (χ3n) is 7.65. The number of sulfonamides is 1. The minimum atomic E-state index is -3.94. The van der Waals surface area contributed by atoms with Crippen LogP contribution in [0, 0.1) is 19.8 Å². The van der Waals surface area contributed by atoms with Crippen LogP contribution in [0.1, 0.15) is 48.8 Å². The Morgan fingerprint density at radius 1 is 0.927 bits per heavy atom. The molecule has 214 valence electrons. The Bertz CT molecular complexity index is 1640. The molecule has 2 aromatic carbocycles. The van der Waals surface area contributed by atoms with Crippen molar-refractivity contribution in [1.82, 2.24) is 9.62 Å². The molecule has 0 radical (unpaired) electrons. The molecule has 0 spiro atoms. The molecule has 0 saturated carbocycles. The standard InChI is InChI=1S/C31H32N2O5S3/c1-19-8-5-6-9-23(19)29(34)25-26(30-20(2)15-17-40-30)28(31(35)32-18-21-11-13-22(38-3)14-12-21)33(41(4,36)37)27(25)24-10-7-16-39-24/h5-17,25-28H,18H2,1-4H3,(H,32,35). The number of carbonyl (C=O) groups excluding carboxylic acids is 2. The van der Waals surface area contributed by atoms with Crippen molar-refractivity contribution in [2.24, 2.45) is 5.92 Å². The number of ketones is 1. The highest BCUT2D eigenvalue weighted by Gasteiger charge is 2.59. The molecular weight excluding hydrogens is 577 g/mol. The first-order valence-corrected chi connectivity index (χ1v) is 16.8. The summed E-state index contributed by atoms with van der Waals surface area (Å²) in [5.41, 5.74) is 3.11. The van der Waals surface area contributed by atoms with Gasteiger partial charge in [0, 0.05) is 27.8 Å². The van der Waals surface area contributed by atoms with Gasteiger partial charge >= 0.3 is 0 Å². The van der Waals surface area contributed by atoms with Crippen LogP contribution < -0.4 is 10.1 Å². The number of rotatable bonds is 9. The molecule has 0 aliphatic carbocycles. The number of carbonyl (C=O) groups is 2. The van der Waals surface area contributed by atoms with E-state index in [9.17, 15) is 18.0 Å². The van der Waals surface area contributed by atoms with E-state index in [1.54, 1.807) is 25.3 Å². The Morgan fingerprint density at radius 2 is 1.66 bits per heavy atom. The van der Waals surface area contributed by atoms with Crippen molar-refractivity contribution in [3.63, 3.8) is 0 Å². The van der Waals surface area contributed by atoms with Gasteiger partial charge in [-0.05, 0) is 65.6 Å². The summed E-state index contributed by atoms with van der Waals surface area (Å²) in [5.74, 6) is -1.40. The Morgan fingerprint density at radius 3 is 2.24 bits per heavy atom. The van der Waals surface area contributed by atoms with E-state index in [1.165, 1.54) is 27.0 Å². The summed E-state index contributed by atoms with van der Waals surface area (Å²) in [4.78, 5) is 30.2. The van der Waals surface area contributed by atoms with Gasteiger partial charge in [0.25, 0.3) is 0 Å². The lowest BCUT2D eigenvalue weighted by molar-refractivity contribution is -0.125. The minimum Gasteiger partial charge on any atom is -0.497 e. The predicted octanol–water partition coefficient (Wildman–Crippen LogP) is 5.72. The van der Waals surface area contributed by atoms with Gasteiger partial charge in [0.05, 0.1) is 25.3 Å². The van der Waals surface area contributed by atoms with Crippen LogP contribution in [0.3, 0.4) is 0 Å². The number of nitrogens with zero attached hydrogens (tertiary/aromatic N) is 1. The van der Waals surface area contributed by atoms with Crippen molar-refractivity contribution in [3.8, 4) is 5.75 Å². The van der Waals surface area contributed by atoms with E-state index in [4.69, 9.17) is 4.74 Å². The first-order valence-electron chi connectivity index (χ1n) is 13.2. The number of amides is 1. The Balaban J connectivity index is 1.65. The van der Waals surface area contributed by atoms with E-state index in [0.29, 0.717) is 11.3 Å². The maximum atomic E-state index is 14.5. The highest BCUT2D eigenvalue weighted by molar-refractivity contribution is 7.88. The van der Waals surface area contributed by atoms with Crippen molar-refractivity contribution in [2.75, 3.05) is 13.4 Å². The molecule has 1 aliphatic rings. The molecule has 2 aromatic heterocycles. The fourth-order valence-electron chi connectivity index (χ4n) is 5.74. The molecule has 1 saturated heterocycles. The van der Waals surface area contributed by atoms with Crippen LogP contribution in [-0.2, 0) is 21.4 Å². The van der Waals surface area contributed by atoms with Gasteiger partial charge < -0.3 is 10.1 Å². The number of benzene rings is 2. The summed E-state index contributed by atoms with van der Waals surface area (Å²) < 4.78 is 33.7. The van der Waals surface area contributed by atoms with Crippen LogP contribution >= 0.6 is 22.7 Å². The van der Waals surface area contributed by atoms with E-state index in [2.05, 4.69) is 5.32 Å². The van der Waals surface area contributed by atoms with E-state index < -0.39 is 39.8 Å². The van der Waals surface area contributed by atoms with Crippen LogP contribution in [0.5, 0.6) is 5.75 Å². The van der Waals surface area contributed by atoms with Crippen molar-refractivity contribution in [3.05, 3.63) is 109 Å². The predicted molar refractivity (Wildman–Crippen MR) is 163 cm³/mol. The largest absolute Gasteiger partial charge is 0.497 e. The van der Waals surface area contributed by atoms with Crippen LogP contribution in [0.15, 0.2) is 77.5 Å². The molecule has 41 heavy (non-hydrogen) atoms. The molecule has 1 aliphatic heterocycles. The maximum Gasteiger partial charge on any atom is 0.239 e. The molecule has 4 aromatic rings. The number of methoxy groups -OCH3 is 1. The van der Waals surface area contributed by atoms with E-state index in [0.717, 1.165) is 32.7 Å². The smallest absolute Gasteiger partial charge is 0.239 e. The fourth-order valence-corrected chi connectivity index (χ4v) is 9.08. The summed E-state index contributed by atoms with van der Waals surface area (Å²) in [7, 11) is -2.36. The summed E-state index contributed by atoms with van der Waals surface area (Å²) in [6.45, 7) is 4.02. The van der Waals surface area contributed by atoms with Gasteiger partial charge in [0.1, 0.15) is 11.8 Å². The molecule has 4 atom stereocenters. The van der Waals surface area contributed by atoms with Gasteiger partial charge in [-0.15, -0.1) is 22.7 Å². The number of nitrogens with one attached hydrogen (secondary N) is 1. The van der Waals surface area contributed by atoms with Crippen LogP contribution in [-0.4, -0.2) is 43.8 Å². The first-order chi connectivity index (χ1) is 19.6. The SMILES string of the molecule is COc1ccc(CNC(=O)C2C(c3sccc3C)C(C(=O)c3ccccc3C)C(c3cccs3)N2S(C)(=O)=O)cc1. The minimum absolute atomic E-state index is 0.168. The fraction of sp³-hybridized carbons (Fsp3) is 0.290. The second kappa shape index (κ2) is 11.9. The normalized spacial score (nSPS) is 21.1. The third-order valence-corrected chi connectivity index (χ3v) is 10.9. The molecule has 7 nitrogen and oxygen atoms in total.